The van der Waals surface area contributed by atoms with E-state index in [1.54, 1.807) is 14.2 Å². The monoisotopic (exact) mass is 279 g/mol. The summed E-state index contributed by atoms with van der Waals surface area (Å²) in [6.07, 6.45) is 4.48. The Kier molecular flexibility index (Phi) is 6.94. The fourth-order valence-electron chi connectivity index (χ4n) is 1.97. The van der Waals surface area contributed by atoms with Gasteiger partial charge in [-0.15, -0.1) is 6.58 Å². The summed E-state index contributed by atoms with van der Waals surface area (Å²) in [6.45, 7) is 6.27. The first kappa shape index (κ1) is 16.4. The van der Waals surface area contributed by atoms with Gasteiger partial charge in [-0.2, -0.15) is 0 Å². The molecule has 20 heavy (non-hydrogen) atoms. The Morgan fingerprint density at radius 1 is 1.25 bits per heavy atom. The van der Waals surface area contributed by atoms with E-state index in [1.165, 1.54) is 0 Å². The second-order valence-corrected chi connectivity index (χ2v) is 4.79. The van der Waals surface area contributed by atoms with Crippen molar-refractivity contribution in [2.45, 2.75) is 32.2 Å². The second-order valence-electron chi connectivity index (χ2n) is 4.79. The number of ether oxygens (including phenoxy) is 3. The third-order valence-electron chi connectivity index (χ3n) is 2.88. The molecule has 0 saturated carbocycles. The first-order chi connectivity index (χ1) is 9.62. The van der Waals surface area contributed by atoms with Crippen LogP contribution in [0.5, 0.6) is 17.2 Å². The maximum absolute atomic E-state index is 5.84. The lowest BCUT2D eigenvalue weighted by Gasteiger charge is -2.16. The van der Waals surface area contributed by atoms with Gasteiger partial charge in [0.05, 0.1) is 20.8 Å². The quantitative estimate of drug-likeness (QED) is 0.558. The maximum Gasteiger partial charge on any atom is 0.203 e. The summed E-state index contributed by atoms with van der Waals surface area (Å²) >= 11 is 0. The van der Waals surface area contributed by atoms with Gasteiger partial charge in [0.2, 0.25) is 5.75 Å². The smallest absolute Gasteiger partial charge is 0.203 e. The van der Waals surface area contributed by atoms with Crippen molar-refractivity contribution in [2.24, 2.45) is 5.73 Å². The van der Waals surface area contributed by atoms with Crippen molar-refractivity contribution in [3.05, 3.63) is 30.4 Å². The van der Waals surface area contributed by atoms with Crippen LogP contribution in [0, 0.1) is 0 Å². The Balaban J connectivity index is 2.92. The Bertz CT molecular complexity index is 405. The molecule has 1 aromatic carbocycles. The maximum atomic E-state index is 5.84. The van der Waals surface area contributed by atoms with Crippen LogP contribution >= 0.6 is 0 Å². The average molecular weight is 279 g/mol. The van der Waals surface area contributed by atoms with Gasteiger partial charge in [0, 0.05) is 6.04 Å². The van der Waals surface area contributed by atoms with E-state index in [9.17, 15) is 0 Å². The summed E-state index contributed by atoms with van der Waals surface area (Å²) in [5, 5.41) is 0. The summed E-state index contributed by atoms with van der Waals surface area (Å²) < 4.78 is 16.6. The molecule has 1 atom stereocenters. The minimum absolute atomic E-state index is 0.0868. The van der Waals surface area contributed by atoms with E-state index in [0.717, 1.165) is 24.8 Å². The van der Waals surface area contributed by atoms with Crippen LogP contribution < -0.4 is 19.9 Å². The molecule has 0 bridgehead atoms. The van der Waals surface area contributed by atoms with E-state index >= 15 is 0 Å². The minimum Gasteiger partial charge on any atom is -0.493 e. The minimum atomic E-state index is 0.0868. The highest BCUT2D eigenvalue weighted by Gasteiger charge is 2.14. The number of nitrogens with two attached hydrogens (primary N) is 1. The van der Waals surface area contributed by atoms with E-state index in [0.29, 0.717) is 23.9 Å². The summed E-state index contributed by atoms with van der Waals surface area (Å²) in [5.41, 5.74) is 6.91. The molecule has 1 aromatic rings. The van der Waals surface area contributed by atoms with E-state index in [2.05, 4.69) is 6.58 Å². The molecule has 2 N–H and O–H groups in total. The summed E-state index contributed by atoms with van der Waals surface area (Å²) in [6, 6.07) is 3.99. The van der Waals surface area contributed by atoms with Gasteiger partial charge in [0.1, 0.15) is 0 Å². The number of methoxy groups -OCH3 is 2. The van der Waals surface area contributed by atoms with E-state index in [-0.39, 0.29) is 6.04 Å². The van der Waals surface area contributed by atoms with Gasteiger partial charge in [-0.05, 0) is 43.9 Å². The summed E-state index contributed by atoms with van der Waals surface area (Å²) in [5.74, 6) is 2.00. The highest BCUT2D eigenvalue weighted by atomic mass is 16.5. The van der Waals surface area contributed by atoms with Gasteiger partial charge in [0.25, 0.3) is 0 Å². The zero-order valence-electron chi connectivity index (χ0n) is 12.6. The van der Waals surface area contributed by atoms with E-state index in [1.807, 2.05) is 25.1 Å². The van der Waals surface area contributed by atoms with Crippen LogP contribution in [0.15, 0.2) is 24.8 Å². The highest BCUT2D eigenvalue weighted by Crippen LogP contribution is 2.38. The van der Waals surface area contributed by atoms with Crippen molar-refractivity contribution >= 4 is 0 Å². The molecule has 0 aliphatic heterocycles. The molecule has 4 heteroatoms. The topological polar surface area (TPSA) is 53.7 Å². The van der Waals surface area contributed by atoms with Gasteiger partial charge < -0.3 is 19.9 Å². The molecule has 0 aliphatic carbocycles. The molecule has 0 radical (unpaired) electrons. The van der Waals surface area contributed by atoms with Crippen molar-refractivity contribution < 1.29 is 14.2 Å². The first-order valence-corrected chi connectivity index (χ1v) is 6.86. The van der Waals surface area contributed by atoms with E-state index in [4.69, 9.17) is 19.9 Å². The normalized spacial score (nSPS) is 11.8. The Morgan fingerprint density at radius 3 is 2.30 bits per heavy atom. The van der Waals surface area contributed by atoms with Gasteiger partial charge in [-0.3, -0.25) is 0 Å². The van der Waals surface area contributed by atoms with Crippen molar-refractivity contribution in [2.75, 3.05) is 20.8 Å². The molecular formula is C16H25NO3. The Morgan fingerprint density at radius 2 is 1.85 bits per heavy atom. The van der Waals surface area contributed by atoms with Crippen LogP contribution in [0.1, 0.15) is 25.3 Å². The Hall–Kier alpha value is -1.68. The second kappa shape index (κ2) is 8.48. The van der Waals surface area contributed by atoms with Crippen molar-refractivity contribution in [1.29, 1.82) is 0 Å². The molecule has 0 amide bonds. The molecule has 0 fully saturated rings. The number of unbranched alkanes of at least 4 members (excludes halogenated alkanes) is 1. The molecule has 0 heterocycles. The third-order valence-corrected chi connectivity index (χ3v) is 2.88. The fraction of sp³-hybridized carbons (Fsp3) is 0.500. The van der Waals surface area contributed by atoms with Crippen LogP contribution in [0.3, 0.4) is 0 Å². The zero-order chi connectivity index (χ0) is 15.0. The summed E-state index contributed by atoms with van der Waals surface area (Å²) in [4.78, 5) is 0. The molecule has 0 saturated heterocycles. The molecule has 112 valence electrons. The lowest BCUT2D eigenvalue weighted by molar-refractivity contribution is 0.271. The van der Waals surface area contributed by atoms with Gasteiger partial charge in [-0.1, -0.05) is 6.08 Å². The summed E-state index contributed by atoms with van der Waals surface area (Å²) in [7, 11) is 3.25. The average Bonchev–Trinajstić information content (AvgIpc) is 2.43. The molecule has 1 unspecified atom stereocenters. The largest absolute Gasteiger partial charge is 0.493 e. The van der Waals surface area contributed by atoms with Gasteiger partial charge in [0.15, 0.2) is 11.5 Å². The molecule has 0 aliphatic rings. The molecule has 0 aromatic heterocycles. The third kappa shape index (κ3) is 4.78. The number of hydrogen-bond donors (Lipinski definition) is 1. The van der Waals surface area contributed by atoms with E-state index < -0.39 is 0 Å². The standard InChI is InChI=1S/C16H25NO3/c1-5-6-7-8-20-16-14(18-3)10-13(9-12(2)17)11-15(16)19-4/h5,10-12H,1,6-9,17H2,2-4H3. The van der Waals surface area contributed by atoms with Crippen molar-refractivity contribution in [3.63, 3.8) is 0 Å². The number of allylic oxidation sites excluding steroid dienone is 1. The number of benzene rings is 1. The molecular weight excluding hydrogens is 254 g/mol. The van der Waals surface area contributed by atoms with Crippen LogP contribution in [-0.2, 0) is 6.42 Å². The van der Waals surface area contributed by atoms with Crippen LogP contribution in [-0.4, -0.2) is 26.9 Å². The highest BCUT2D eigenvalue weighted by molar-refractivity contribution is 5.54. The molecule has 1 rings (SSSR count). The Labute approximate surface area is 121 Å². The first-order valence-electron chi connectivity index (χ1n) is 6.86. The SMILES string of the molecule is C=CCCCOc1c(OC)cc(CC(C)N)cc1OC. The predicted molar refractivity (Wildman–Crippen MR) is 81.8 cm³/mol. The number of rotatable bonds is 9. The van der Waals surface area contributed by atoms with Crippen LogP contribution in [0.25, 0.3) is 0 Å². The van der Waals surface area contributed by atoms with Gasteiger partial charge >= 0.3 is 0 Å². The van der Waals surface area contributed by atoms with Crippen LogP contribution in [0.4, 0.5) is 0 Å². The van der Waals surface area contributed by atoms with Crippen molar-refractivity contribution in [1.82, 2.24) is 0 Å². The van der Waals surface area contributed by atoms with Gasteiger partial charge in [-0.25, -0.2) is 0 Å². The van der Waals surface area contributed by atoms with Crippen LogP contribution in [0.2, 0.25) is 0 Å². The number of hydrogen-bond acceptors (Lipinski definition) is 4. The predicted octanol–water partition coefficient (Wildman–Crippen LogP) is 2.94. The molecule has 0 spiro atoms. The molecule has 4 nitrogen and oxygen atoms in total. The lowest BCUT2D eigenvalue weighted by atomic mass is 10.1. The van der Waals surface area contributed by atoms with Crippen molar-refractivity contribution in [3.8, 4) is 17.2 Å². The zero-order valence-corrected chi connectivity index (χ0v) is 12.6. The lowest BCUT2D eigenvalue weighted by Crippen LogP contribution is -2.17. The fourth-order valence-corrected chi connectivity index (χ4v) is 1.97.